The number of hydrogen-bond donors (Lipinski definition) is 0. The third-order valence-electron chi connectivity index (χ3n) is 2.21. The summed E-state index contributed by atoms with van der Waals surface area (Å²) in [5, 5.41) is 1.07. The molecule has 0 saturated heterocycles. The summed E-state index contributed by atoms with van der Waals surface area (Å²) in [7, 11) is 1.65. The first kappa shape index (κ1) is 9.59. The Labute approximate surface area is 91.0 Å². The summed E-state index contributed by atoms with van der Waals surface area (Å²) in [6.07, 6.45) is 0.893. The van der Waals surface area contributed by atoms with E-state index in [1.165, 1.54) is 0 Å². The van der Waals surface area contributed by atoms with Gasteiger partial charge in [-0.3, -0.25) is 0 Å². The minimum atomic E-state index is 0.780. The van der Waals surface area contributed by atoms with Crippen LogP contribution in [0.4, 0.5) is 0 Å². The predicted molar refractivity (Wildman–Crippen MR) is 59.8 cm³/mol. The maximum Gasteiger partial charge on any atom is 0.177 e. The average Bonchev–Trinajstić information content (AvgIpc) is 2.63. The third kappa shape index (κ3) is 1.42. The van der Waals surface area contributed by atoms with E-state index in [-0.39, 0.29) is 0 Å². The molecule has 0 amide bonds. The van der Waals surface area contributed by atoms with Gasteiger partial charge in [0.2, 0.25) is 0 Å². The van der Waals surface area contributed by atoms with Gasteiger partial charge in [0.25, 0.3) is 0 Å². The molecule has 0 spiro atoms. The summed E-state index contributed by atoms with van der Waals surface area (Å²) < 4.78 is 11.9. The Morgan fingerprint density at radius 2 is 2.21 bits per heavy atom. The topological polar surface area (TPSA) is 22.4 Å². The molecule has 0 bridgehead atoms. The van der Waals surface area contributed by atoms with Crippen molar-refractivity contribution in [2.45, 2.75) is 13.3 Å². The molecule has 1 aromatic carbocycles. The van der Waals surface area contributed by atoms with Gasteiger partial charge < -0.3 is 9.15 Å². The van der Waals surface area contributed by atoms with Crippen LogP contribution in [0.1, 0.15) is 12.7 Å². The molecule has 0 aliphatic carbocycles. The molecule has 0 aliphatic heterocycles. The fourth-order valence-corrected chi connectivity index (χ4v) is 1.88. The van der Waals surface area contributed by atoms with Gasteiger partial charge in [0.15, 0.2) is 11.3 Å². The summed E-state index contributed by atoms with van der Waals surface area (Å²) >= 11 is 3.49. The smallest absolute Gasteiger partial charge is 0.177 e. The van der Waals surface area contributed by atoms with Gasteiger partial charge in [0.05, 0.1) is 7.11 Å². The van der Waals surface area contributed by atoms with Crippen LogP contribution in [0.15, 0.2) is 27.1 Å². The van der Waals surface area contributed by atoms with E-state index >= 15 is 0 Å². The van der Waals surface area contributed by atoms with E-state index in [9.17, 15) is 0 Å². The quantitative estimate of drug-likeness (QED) is 0.815. The third-order valence-corrected chi connectivity index (χ3v) is 2.91. The van der Waals surface area contributed by atoms with Gasteiger partial charge in [-0.05, 0) is 18.2 Å². The molecule has 0 unspecified atom stereocenters. The standard InChI is InChI=1S/C11H11BrO2/c1-3-7-6-8-9(12)4-5-10(13-2)11(8)14-7/h4-6H,3H2,1-2H3. The Morgan fingerprint density at radius 1 is 1.43 bits per heavy atom. The summed E-state index contributed by atoms with van der Waals surface area (Å²) in [4.78, 5) is 0. The Kier molecular flexibility index (Phi) is 2.50. The number of ether oxygens (including phenoxy) is 1. The molecule has 1 heterocycles. The number of hydrogen-bond acceptors (Lipinski definition) is 2. The Bertz CT molecular complexity index is 460. The van der Waals surface area contributed by atoms with Gasteiger partial charge in [-0.1, -0.05) is 22.9 Å². The van der Waals surface area contributed by atoms with E-state index < -0.39 is 0 Å². The van der Waals surface area contributed by atoms with Crippen LogP contribution in [-0.4, -0.2) is 7.11 Å². The average molecular weight is 255 g/mol. The van der Waals surface area contributed by atoms with Crippen LogP contribution in [0.3, 0.4) is 0 Å². The highest BCUT2D eigenvalue weighted by Crippen LogP contribution is 2.34. The molecule has 14 heavy (non-hydrogen) atoms. The highest BCUT2D eigenvalue weighted by atomic mass is 79.9. The van der Waals surface area contributed by atoms with Gasteiger partial charge in [0, 0.05) is 16.3 Å². The van der Waals surface area contributed by atoms with E-state index in [0.29, 0.717) is 0 Å². The van der Waals surface area contributed by atoms with Crippen molar-refractivity contribution in [3.63, 3.8) is 0 Å². The molecule has 1 aromatic heterocycles. The molecule has 0 N–H and O–H groups in total. The molecule has 2 nitrogen and oxygen atoms in total. The van der Waals surface area contributed by atoms with Crippen molar-refractivity contribution in [1.29, 1.82) is 0 Å². The van der Waals surface area contributed by atoms with E-state index in [2.05, 4.69) is 22.9 Å². The first-order valence-electron chi connectivity index (χ1n) is 4.51. The van der Waals surface area contributed by atoms with Crippen LogP contribution in [0, 0.1) is 0 Å². The minimum Gasteiger partial charge on any atom is -0.493 e. The van der Waals surface area contributed by atoms with Gasteiger partial charge in [-0.2, -0.15) is 0 Å². The maximum absolute atomic E-state index is 5.67. The van der Waals surface area contributed by atoms with Crippen LogP contribution >= 0.6 is 15.9 Å². The summed E-state index contributed by atoms with van der Waals surface area (Å²) in [5.41, 5.74) is 0.818. The fourth-order valence-electron chi connectivity index (χ4n) is 1.45. The molecular weight excluding hydrogens is 244 g/mol. The number of fused-ring (bicyclic) bond motifs is 1. The fraction of sp³-hybridized carbons (Fsp3) is 0.273. The molecule has 3 heteroatoms. The zero-order chi connectivity index (χ0) is 10.1. The maximum atomic E-state index is 5.67. The zero-order valence-corrected chi connectivity index (χ0v) is 9.72. The number of rotatable bonds is 2. The first-order chi connectivity index (χ1) is 6.76. The van der Waals surface area contributed by atoms with Crippen molar-refractivity contribution >= 4 is 26.9 Å². The number of halogens is 1. The van der Waals surface area contributed by atoms with Crippen LogP contribution in [-0.2, 0) is 6.42 Å². The Balaban J connectivity index is 2.74. The molecule has 0 fully saturated rings. The highest BCUT2D eigenvalue weighted by molar-refractivity contribution is 9.10. The van der Waals surface area contributed by atoms with Crippen molar-refractivity contribution in [2.24, 2.45) is 0 Å². The van der Waals surface area contributed by atoms with Crippen molar-refractivity contribution in [1.82, 2.24) is 0 Å². The highest BCUT2D eigenvalue weighted by Gasteiger charge is 2.10. The second kappa shape index (κ2) is 3.65. The minimum absolute atomic E-state index is 0.780. The van der Waals surface area contributed by atoms with E-state index in [4.69, 9.17) is 9.15 Å². The lowest BCUT2D eigenvalue weighted by atomic mass is 10.2. The SMILES string of the molecule is CCc1cc2c(Br)ccc(OC)c2o1. The van der Waals surface area contributed by atoms with Gasteiger partial charge in [-0.25, -0.2) is 0 Å². The van der Waals surface area contributed by atoms with Gasteiger partial charge >= 0.3 is 0 Å². The monoisotopic (exact) mass is 254 g/mol. The first-order valence-corrected chi connectivity index (χ1v) is 5.30. The molecule has 0 saturated carbocycles. The number of furan rings is 1. The predicted octanol–water partition coefficient (Wildman–Crippen LogP) is 3.77. The Morgan fingerprint density at radius 3 is 2.86 bits per heavy atom. The summed E-state index contributed by atoms with van der Waals surface area (Å²) in [6, 6.07) is 5.91. The summed E-state index contributed by atoms with van der Waals surface area (Å²) in [5.74, 6) is 1.76. The molecule has 74 valence electrons. The van der Waals surface area contributed by atoms with E-state index in [1.54, 1.807) is 7.11 Å². The molecule has 0 radical (unpaired) electrons. The van der Waals surface area contributed by atoms with Crippen molar-refractivity contribution in [3.05, 3.63) is 28.4 Å². The van der Waals surface area contributed by atoms with Crippen LogP contribution in [0.2, 0.25) is 0 Å². The number of benzene rings is 1. The molecule has 2 rings (SSSR count). The van der Waals surface area contributed by atoms with Crippen LogP contribution in [0.25, 0.3) is 11.0 Å². The lowest BCUT2D eigenvalue weighted by Gasteiger charge is -2.00. The van der Waals surface area contributed by atoms with E-state index in [1.807, 2.05) is 18.2 Å². The van der Waals surface area contributed by atoms with Crippen molar-refractivity contribution < 1.29 is 9.15 Å². The lowest BCUT2D eigenvalue weighted by Crippen LogP contribution is -1.82. The molecular formula is C11H11BrO2. The van der Waals surface area contributed by atoms with Gasteiger partial charge in [-0.15, -0.1) is 0 Å². The number of methoxy groups -OCH3 is 1. The molecule has 2 aromatic rings. The molecule has 0 aliphatic rings. The van der Waals surface area contributed by atoms with Crippen molar-refractivity contribution in [3.8, 4) is 5.75 Å². The normalized spacial score (nSPS) is 10.8. The number of aryl methyl sites for hydroxylation is 1. The van der Waals surface area contributed by atoms with Crippen LogP contribution in [0.5, 0.6) is 5.75 Å². The van der Waals surface area contributed by atoms with Gasteiger partial charge in [0.1, 0.15) is 5.76 Å². The zero-order valence-electron chi connectivity index (χ0n) is 8.13. The second-order valence-corrected chi connectivity index (χ2v) is 3.91. The Hall–Kier alpha value is -0.960. The molecule has 0 atom stereocenters. The van der Waals surface area contributed by atoms with Crippen LogP contribution < -0.4 is 4.74 Å². The second-order valence-electron chi connectivity index (χ2n) is 3.06. The lowest BCUT2D eigenvalue weighted by molar-refractivity contribution is 0.408. The summed E-state index contributed by atoms with van der Waals surface area (Å²) in [6.45, 7) is 2.07. The van der Waals surface area contributed by atoms with E-state index in [0.717, 1.165) is 33.4 Å². The largest absolute Gasteiger partial charge is 0.493 e. The van der Waals surface area contributed by atoms with Crippen molar-refractivity contribution in [2.75, 3.05) is 7.11 Å².